The van der Waals surface area contributed by atoms with Crippen LogP contribution in [-0.2, 0) is 9.53 Å². The summed E-state index contributed by atoms with van der Waals surface area (Å²) in [5.74, 6) is -0.759. The summed E-state index contributed by atoms with van der Waals surface area (Å²) in [7, 11) is 1.31. The summed E-state index contributed by atoms with van der Waals surface area (Å²) in [6.07, 6.45) is 0. The maximum atomic E-state index is 13.6. The second-order valence-corrected chi connectivity index (χ2v) is 4.58. The normalized spacial score (nSPS) is 13.7. The molecule has 0 heterocycles. The van der Waals surface area contributed by atoms with Crippen LogP contribution in [0.5, 0.6) is 5.75 Å². The average Bonchev–Trinajstić information content (AvgIpc) is 2.39. The molecule has 0 saturated carbocycles. The Kier molecular flexibility index (Phi) is 5.30. The van der Waals surface area contributed by atoms with Crippen molar-refractivity contribution < 1.29 is 18.7 Å². The van der Waals surface area contributed by atoms with Gasteiger partial charge in [-0.2, -0.15) is 0 Å². The van der Waals surface area contributed by atoms with E-state index in [2.05, 4.69) is 5.32 Å². The number of nitrogens with one attached hydrogen (secondary N) is 1. The lowest BCUT2D eigenvalue weighted by molar-refractivity contribution is -0.149. The predicted molar refractivity (Wildman–Crippen MR) is 70.7 cm³/mol. The van der Waals surface area contributed by atoms with Crippen LogP contribution in [0.1, 0.15) is 19.4 Å². The number of hydrogen-bond acceptors (Lipinski definition) is 4. The van der Waals surface area contributed by atoms with Crippen LogP contribution >= 0.6 is 0 Å². The highest BCUT2D eigenvalue weighted by molar-refractivity contribution is 5.80. The van der Waals surface area contributed by atoms with E-state index in [9.17, 15) is 9.18 Å². The zero-order chi connectivity index (χ0) is 14.5. The topological polar surface area (TPSA) is 47.6 Å². The molecule has 0 fully saturated rings. The summed E-state index contributed by atoms with van der Waals surface area (Å²) in [4.78, 5) is 11.7. The molecule has 0 amide bonds. The van der Waals surface area contributed by atoms with E-state index in [1.807, 2.05) is 13.8 Å². The molecule has 1 atom stereocenters. The minimum Gasteiger partial charge on any atom is -0.488 e. The summed E-state index contributed by atoms with van der Waals surface area (Å²) >= 11 is 0. The number of carbonyl (C=O) groups is 1. The Morgan fingerprint density at radius 1 is 1.47 bits per heavy atom. The smallest absolute Gasteiger partial charge is 0.329 e. The number of ether oxygens (including phenoxy) is 2. The first-order chi connectivity index (χ1) is 8.92. The summed E-state index contributed by atoms with van der Waals surface area (Å²) < 4.78 is 23.7. The number of likely N-dealkylation sites (N-methyl/N-ethyl adjacent to an activating group) is 1. The van der Waals surface area contributed by atoms with Gasteiger partial charge in [0, 0.05) is 0 Å². The van der Waals surface area contributed by atoms with Crippen molar-refractivity contribution in [1.82, 2.24) is 5.32 Å². The third-order valence-corrected chi connectivity index (χ3v) is 2.81. The Bertz CT molecular complexity index is 450. The second kappa shape index (κ2) is 6.52. The summed E-state index contributed by atoms with van der Waals surface area (Å²) in [6.45, 7) is 5.94. The minimum absolute atomic E-state index is 0.00606. The van der Waals surface area contributed by atoms with Gasteiger partial charge in [0.1, 0.15) is 12.1 Å². The summed E-state index contributed by atoms with van der Waals surface area (Å²) in [6, 6.07) is 4.60. The van der Waals surface area contributed by atoms with Gasteiger partial charge in [0.2, 0.25) is 0 Å². The molecule has 0 saturated heterocycles. The van der Waals surface area contributed by atoms with Gasteiger partial charge in [0.15, 0.2) is 11.6 Å². The van der Waals surface area contributed by atoms with Gasteiger partial charge in [-0.25, -0.2) is 9.18 Å². The van der Waals surface area contributed by atoms with Gasteiger partial charge in [-0.1, -0.05) is 13.0 Å². The van der Waals surface area contributed by atoms with E-state index in [1.165, 1.54) is 13.2 Å². The molecule has 0 aliphatic rings. The van der Waals surface area contributed by atoms with Crippen molar-refractivity contribution >= 4 is 5.97 Å². The molecule has 0 aliphatic carbocycles. The molecule has 4 nitrogen and oxygen atoms in total. The maximum absolute atomic E-state index is 13.6. The number of aryl methyl sites for hydroxylation is 1. The van der Waals surface area contributed by atoms with Crippen LogP contribution in [-0.4, -0.2) is 31.8 Å². The number of hydrogen-bond donors (Lipinski definition) is 1. The summed E-state index contributed by atoms with van der Waals surface area (Å²) in [5.41, 5.74) is -0.112. The standard InChI is InChI=1S/C14H20FNO3/c1-5-16-14(3,13(17)18-4)9-19-12-8-10(2)6-7-11(12)15/h6-8,16H,5,9H2,1-4H3. The molecule has 1 aromatic rings. The molecule has 0 spiro atoms. The van der Waals surface area contributed by atoms with Crippen molar-refractivity contribution in [2.45, 2.75) is 26.3 Å². The van der Waals surface area contributed by atoms with Crippen LogP contribution in [0.15, 0.2) is 18.2 Å². The van der Waals surface area contributed by atoms with Crippen LogP contribution in [0.25, 0.3) is 0 Å². The lowest BCUT2D eigenvalue weighted by Gasteiger charge is -2.27. The molecule has 1 N–H and O–H groups in total. The van der Waals surface area contributed by atoms with Gasteiger partial charge < -0.3 is 9.47 Å². The molecule has 1 aromatic carbocycles. The molecule has 1 rings (SSSR count). The molecule has 1 unspecified atom stereocenters. The fourth-order valence-corrected chi connectivity index (χ4v) is 1.74. The van der Waals surface area contributed by atoms with Gasteiger partial charge in [0.25, 0.3) is 0 Å². The van der Waals surface area contributed by atoms with Gasteiger partial charge in [0.05, 0.1) is 7.11 Å². The van der Waals surface area contributed by atoms with E-state index in [4.69, 9.17) is 9.47 Å². The highest BCUT2D eigenvalue weighted by Crippen LogP contribution is 2.20. The lowest BCUT2D eigenvalue weighted by Crippen LogP contribution is -2.54. The average molecular weight is 269 g/mol. The third kappa shape index (κ3) is 3.92. The Hall–Kier alpha value is -1.62. The van der Waals surface area contributed by atoms with Gasteiger partial charge in [-0.05, 0) is 38.1 Å². The van der Waals surface area contributed by atoms with E-state index in [0.717, 1.165) is 5.56 Å². The number of benzene rings is 1. The van der Waals surface area contributed by atoms with Crippen molar-refractivity contribution in [2.75, 3.05) is 20.3 Å². The first-order valence-electron chi connectivity index (χ1n) is 6.15. The zero-order valence-electron chi connectivity index (χ0n) is 11.7. The Labute approximate surface area is 112 Å². The molecule has 0 bridgehead atoms. The predicted octanol–water partition coefficient (Wildman–Crippen LogP) is 2.05. The zero-order valence-corrected chi connectivity index (χ0v) is 11.7. The molecule has 0 radical (unpaired) electrons. The van der Waals surface area contributed by atoms with Crippen molar-refractivity contribution in [3.63, 3.8) is 0 Å². The maximum Gasteiger partial charge on any atom is 0.329 e. The molecule has 0 aromatic heterocycles. The van der Waals surface area contributed by atoms with Crippen LogP contribution in [0.4, 0.5) is 4.39 Å². The highest BCUT2D eigenvalue weighted by Gasteiger charge is 2.34. The van der Waals surface area contributed by atoms with E-state index in [-0.39, 0.29) is 12.4 Å². The first-order valence-corrected chi connectivity index (χ1v) is 6.15. The van der Waals surface area contributed by atoms with Crippen molar-refractivity contribution in [1.29, 1.82) is 0 Å². The molecular formula is C14H20FNO3. The molecule has 106 valence electrons. The highest BCUT2D eigenvalue weighted by atomic mass is 19.1. The quantitative estimate of drug-likeness (QED) is 0.803. The van der Waals surface area contributed by atoms with Crippen molar-refractivity contribution in [3.05, 3.63) is 29.6 Å². The SMILES string of the molecule is CCNC(C)(COc1cc(C)ccc1F)C(=O)OC. The Morgan fingerprint density at radius 2 is 2.16 bits per heavy atom. The van der Waals surface area contributed by atoms with Gasteiger partial charge in [-0.3, -0.25) is 5.32 Å². The van der Waals surface area contributed by atoms with Crippen LogP contribution in [0.3, 0.4) is 0 Å². The van der Waals surface area contributed by atoms with Crippen LogP contribution < -0.4 is 10.1 Å². The van der Waals surface area contributed by atoms with Crippen LogP contribution in [0.2, 0.25) is 0 Å². The Balaban J connectivity index is 2.81. The number of halogens is 1. The molecule has 0 aliphatic heterocycles. The van der Waals surface area contributed by atoms with E-state index in [1.54, 1.807) is 19.1 Å². The lowest BCUT2D eigenvalue weighted by atomic mass is 10.0. The largest absolute Gasteiger partial charge is 0.488 e. The summed E-state index contributed by atoms with van der Waals surface area (Å²) in [5, 5.41) is 2.99. The van der Waals surface area contributed by atoms with Crippen LogP contribution in [0, 0.1) is 12.7 Å². The molecular weight excluding hydrogens is 249 g/mol. The molecule has 5 heteroatoms. The number of esters is 1. The monoisotopic (exact) mass is 269 g/mol. The van der Waals surface area contributed by atoms with E-state index >= 15 is 0 Å². The number of methoxy groups -OCH3 is 1. The van der Waals surface area contributed by atoms with E-state index in [0.29, 0.717) is 6.54 Å². The van der Waals surface area contributed by atoms with Crippen molar-refractivity contribution in [2.24, 2.45) is 0 Å². The third-order valence-electron chi connectivity index (χ3n) is 2.81. The first kappa shape index (κ1) is 15.4. The van der Waals surface area contributed by atoms with Gasteiger partial charge >= 0.3 is 5.97 Å². The van der Waals surface area contributed by atoms with Crippen molar-refractivity contribution in [3.8, 4) is 5.75 Å². The van der Waals surface area contributed by atoms with Gasteiger partial charge in [-0.15, -0.1) is 0 Å². The molecule has 19 heavy (non-hydrogen) atoms. The minimum atomic E-state index is -1.00. The number of carbonyl (C=O) groups excluding carboxylic acids is 1. The van der Waals surface area contributed by atoms with E-state index < -0.39 is 17.3 Å². The number of rotatable bonds is 6. The fourth-order valence-electron chi connectivity index (χ4n) is 1.74. The fraction of sp³-hybridized carbons (Fsp3) is 0.500. The Morgan fingerprint density at radius 3 is 2.74 bits per heavy atom. The second-order valence-electron chi connectivity index (χ2n) is 4.58.